The molecule has 0 aliphatic rings. The number of carbonyl (C=O) groups excluding carboxylic acids is 1. The molecule has 0 saturated heterocycles. The van der Waals surface area contributed by atoms with Crippen LogP contribution in [0.15, 0.2) is 40.3 Å². The Morgan fingerprint density at radius 2 is 2.00 bits per heavy atom. The number of anilines is 3. The van der Waals surface area contributed by atoms with Crippen molar-refractivity contribution >= 4 is 52.4 Å². The zero-order valence-corrected chi connectivity index (χ0v) is 19.7. The van der Waals surface area contributed by atoms with Gasteiger partial charge in [0.25, 0.3) is 5.78 Å². The summed E-state index contributed by atoms with van der Waals surface area (Å²) in [6.45, 7) is 5.62. The monoisotopic (exact) mass is 485 g/mol. The van der Waals surface area contributed by atoms with Gasteiger partial charge in [-0.05, 0) is 26.0 Å². The molecule has 172 valence electrons. The molecule has 1 amide bonds. The Hall–Kier alpha value is -3.45. The molecule has 4 rings (SSSR count). The molecular weight excluding hydrogens is 462 g/mol. The van der Waals surface area contributed by atoms with E-state index in [1.165, 1.54) is 23.1 Å². The standard InChI is InChI=1S/C20H23N9O2S2/c1-3-21-17-25-18(22-4-2)29-19(26-17)27-28-20(29)33-11-16(30)24-14-7-5-6-8-15(14)31-9-13-10-32-12-23-13/h5-8,10,12H,3-4,9,11H2,1-2H3,(H,24,30)(H2,21,22,25,26,27). The van der Waals surface area contributed by atoms with E-state index in [0.29, 0.717) is 54.0 Å². The van der Waals surface area contributed by atoms with Gasteiger partial charge >= 0.3 is 0 Å². The van der Waals surface area contributed by atoms with Gasteiger partial charge in [0.15, 0.2) is 5.16 Å². The third kappa shape index (κ3) is 5.68. The molecule has 0 fully saturated rings. The molecular formula is C20H23N9O2S2. The van der Waals surface area contributed by atoms with Crippen LogP contribution in [0.25, 0.3) is 5.78 Å². The number of hydrogen-bond acceptors (Lipinski definition) is 11. The van der Waals surface area contributed by atoms with Crippen molar-refractivity contribution in [2.45, 2.75) is 25.6 Å². The van der Waals surface area contributed by atoms with Crippen molar-refractivity contribution in [3.05, 3.63) is 40.8 Å². The fraction of sp³-hybridized carbons (Fsp3) is 0.300. The van der Waals surface area contributed by atoms with Crippen molar-refractivity contribution in [2.75, 3.05) is 34.8 Å². The number of nitrogens with zero attached hydrogens (tertiary/aromatic N) is 6. The van der Waals surface area contributed by atoms with Crippen LogP contribution < -0.4 is 20.7 Å². The van der Waals surface area contributed by atoms with E-state index in [1.54, 1.807) is 16.0 Å². The van der Waals surface area contributed by atoms with E-state index in [1.807, 2.05) is 37.4 Å². The average molecular weight is 486 g/mol. The minimum atomic E-state index is -0.198. The SMILES string of the molecule is CCNc1nc(NCC)n2c(SCC(=O)Nc3ccccc3OCc3cscn3)nnc2n1. The number of thiazole rings is 1. The number of benzene rings is 1. The number of rotatable bonds is 11. The summed E-state index contributed by atoms with van der Waals surface area (Å²) in [6.07, 6.45) is 0. The van der Waals surface area contributed by atoms with Gasteiger partial charge in [0.05, 0.1) is 22.6 Å². The van der Waals surface area contributed by atoms with Crippen LogP contribution in [0.3, 0.4) is 0 Å². The third-order valence-corrected chi connectivity index (χ3v) is 5.83. The maximum atomic E-state index is 12.7. The van der Waals surface area contributed by atoms with Gasteiger partial charge in [0, 0.05) is 18.5 Å². The molecule has 0 aliphatic carbocycles. The topological polar surface area (TPSA) is 131 Å². The highest BCUT2D eigenvalue weighted by molar-refractivity contribution is 7.99. The van der Waals surface area contributed by atoms with E-state index < -0.39 is 0 Å². The van der Waals surface area contributed by atoms with E-state index in [9.17, 15) is 4.79 Å². The Bertz CT molecular complexity index is 1210. The van der Waals surface area contributed by atoms with Crippen LogP contribution in [0, 0.1) is 0 Å². The number of aromatic nitrogens is 6. The van der Waals surface area contributed by atoms with Crippen LogP contribution in [-0.4, -0.2) is 54.3 Å². The maximum Gasteiger partial charge on any atom is 0.261 e. The smallest absolute Gasteiger partial charge is 0.261 e. The van der Waals surface area contributed by atoms with Gasteiger partial charge < -0.3 is 20.7 Å². The lowest BCUT2D eigenvalue weighted by Crippen LogP contribution is -2.16. The first kappa shape index (κ1) is 22.7. The molecule has 3 N–H and O–H groups in total. The summed E-state index contributed by atoms with van der Waals surface area (Å²) >= 11 is 2.76. The summed E-state index contributed by atoms with van der Waals surface area (Å²) in [5.74, 6) is 1.94. The lowest BCUT2D eigenvalue weighted by molar-refractivity contribution is -0.113. The van der Waals surface area contributed by atoms with Crippen LogP contribution in [0.2, 0.25) is 0 Å². The predicted molar refractivity (Wildman–Crippen MR) is 129 cm³/mol. The van der Waals surface area contributed by atoms with Gasteiger partial charge in [-0.2, -0.15) is 9.97 Å². The minimum absolute atomic E-state index is 0.127. The molecule has 0 radical (unpaired) electrons. The number of carbonyl (C=O) groups is 1. The van der Waals surface area contributed by atoms with E-state index in [0.717, 1.165) is 5.69 Å². The van der Waals surface area contributed by atoms with E-state index in [2.05, 4.69) is 41.1 Å². The van der Waals surface area contributed by atoms with Gasteiger partial charge in [-0.25, -0.2) is 9.38 Å². The average Bonchev–Trinajstić information content (AvgIpc) is 3.48. The second kappa shape index (κ2) is 10.9. The van der Waals surface area contributed by atoms with E-state index >= 15 is 0 Å². The molecule has 33 heavy (non-hydrogen) atoms. The molecule has 0 saturated carbocycles. The van der Waals surface area contributed by atoms with Crippen LogP contribution >= 0.6 is 23.1 Å². The summed E-state index contributed by atoms with van der Waals surface area (Å²) < 4.78 is 7.53. The Kier molecular flexibility index (Phi) is 7.52. The fourth-order valence-corrected chi connectivity index (χ4v) is 4.14. The highest BCUT2D eigenvalue weighted by Crippen LogP contribution is 2.26. The summed E-state index contributed by atoms with van der Waals surface area (Å²) in [5, 5.41) is 19.9. The minimum Gasteiger partial charge on any atom is -0.485 e. The van der Waals surface area contributed by atoms with Gasteiger partial charge in [0.1, 0.15) is 12.4 Å². The number of fused-ring (bicyclic) bond motifs is 1. The number of amides is 1. The molecule has 11 nitrogen and oxygen atoms in total. The van der Waals surface area contributed by atoms with Crippen molar-refractivity contribution < 1.29 is 9.53 Å². The van der Waals surface area contributed by atoms with Crippen molar-refractivity contribution in [2.24, 2.45) is 0 Å². The quantitative estimate of drug-likeness (QED) is 0.272. The summed E-state index contributed by atoms with van der Waals surface area (Å²) in [6, 6.07) is 7.30. The second-order valence-corrected chi connectivity index (χ2v) is 8.31. The molecule has 0 atom stereocenters. The van der Waals surface area contributed by atoms with Gasteiger partial charge in [-0.3, -0.25) is 4.79 Å². The van der Waals surface area contributed by atoms with E-state index in [-0.39, 0.29) is 11.7 Å². The molecule has 4 aromatic rings. The van der Waals surface area contributed by atoms with E-state index in [4.69, 9.17) is 4.74 Å². The molecule has 13 heteroatoms. The first-order valence-corrected chi connectivity index (χ1v) is 12.2. The van der Waals surface area contributed by atoms with Crippen LogP contribution in [0.5, 0.6) is 5.75 Å². The molecule has 0 unspecified atom stereocenters. The molecule has 0 aliphatic heterocycles. The van der Waals surface area contributed by atoms with Gasteiger partial charge in [-0.1, -0.05) is 23.9 Å². The lowest BCUT2D eigenvalue weighted by Gasteiger charge is -2.12. The largest absolute Gasteiger partial charge is 0.485 e. The van der Waals surface area contributed by atoms with Gasteiger partial charge in [0.2, 0.25) is 17.8 Å². The molecule has 1 aromatic carbocycles. The molecule has 3 aromatic heterocycles. The Balaban J connectivity index is 1.43. The van der Waals surface area contributed by atoms with Crippen molar-refractivity contribution in [3.8, 4) is 5.75 Å². The predicted octanol–water partition coefficient (Wildman–Crippen LogP) is 3.15. The van der Waals surface area contributed by atoms with Crippen molar-refractivity contribution in [3.63, 3.8) is 0 Å². The molecule has 0 spiro atoms. The Morgan fingerprint density at radius 3 is 2.79 bits per heavy atom. The number of thioether (sulfide) groups is 1. The van der Waals surface area contributed by atoms with Gasteiger partial charge in [-0.15, -0.1) is 21.5 Å². The fourth-order valence-electron chi connectivity index (χ4n) is 2.87. The Labute approximate surface area is 198 Å². The van der Waals surface area contributed by atoms with Crippen molar-refractivity contribution in [1.29, 1.82) is 0 Å². The first-order valence-electron chi connectivity index (χ1n) is 10.3. The zero-order chi connectivity index (χ0) is 23.0. The Morgan fingerprint density at radius 1 is 1.15 bits per heavy atom. The van der Waals surface area contributed by atoms with Crippen molar-refractivity contribution in [1.82, 2.24) is 29.5 Å². The maximum absolute atomic E-state index is 12.7. The number of para-hydroxylation sites is 2. The normalized spacial score (nSPS) is 10.8. The summed E-state index contributed by atoms with van der Waals surface area (Å²) in [7, 11) is 0. The highest BCUT2D eigenvalue weighted by atomic mass is 32.2. The highest BCUT2D eigenvalue weighted by Gasteiger charge is 2.16. The summed E-state index contributed by atoms with van der Waals surface area (Å²) in [5.41, 5.74) is 3.19. The van der Waals surface area contributed by atoms with Crippen LogP contribution in [-0.2, 0) is 11.4 Å². The second-order valence-electron chi connectivity index (χ2n) is 6.65. The first-order chi connectivity index (χ1) is 16.2. The number of nitrogens with one attached hydrogen (secondary N) is 3. The molecule has 3 heterocycles. The van der Waals surface area contributed by atoms with Crippen LogP contribution in [0.1, 0.15) is 19.5 Å². The van der Waals surface area contributed by atoms with Crippen LogP contribution in [0.4, 0.5) is 17.6 Å². The number of ether oxygens (including phenoxy) is 1. The number of hydrogen-bond donors (Lipinski definition) is 3. The summed E-state index contributed by atoms with van der Waals surface area (Å²) in [4.78, 5) is 25.7. The zero-order valence-electron chi connectivity index (χ0n) is 18.1. The lowest BCUT2D eigenvalue weighted by atomic mass is 10.3. The molecule has 0 bridgehead atoms. The third-order valence-electron chi connectivity index (χ3n) is 4.27.